The van der Waals surface area contributed by atoms with E-state index in [1.54, 1.807) is 18.9 Å². The fourth-order valence-corrected chi connectivity index (χ4v) is 3.24. The molecule has 0 aliphatic rings. The number of rotatable bonds is 9. The van der Waals surface area contributed by atoms with Gasteiger partial charge in [0, 0.05) is 20.0 Å². The summed E-state index contributed by atoms with van der Waals surface area (Å²) in [6, 6.07) is 18.0. The molecule has 2 amide bonds. The number of aryl methyl sites for hydroxylation is 1. The van der Waals surface area contributed by atoms with E-state index < -0.39 is 6.04 Å². The molecule has 0 unspecified atom stereocenters. The fourth-order valence-electron chi connectivity index (χ4n) is 3.24. The molecule has 0 aromatic heterocycles. The number of hydrogen-bond donors (Lipinski definition) is 1. The topological polar surface area (TPSA) is 49.4 Å². The predicted octanol–water partition coefficient (Wildman–Crippen LogP) is 3.95. The Morgan fingerprint density at radius 3 is 2.07 bits per heavy atom. The van der Waals surface area contributed by atoms with Gasteiger partial charge in [-0.15, -0.1) is 0 Å². The van der Waals surface area contributed by atoms with Gasteiger partial charge in [-0.2, -0.15) is 0 Å². The summed E-state index contributed by atoms with van der Waals surface area (Å²) in [6.45, 7) is 6.66. The van der Waals surface area contributed by atoms with Gasteiger partial charge in [-0.05, 0) is 42.4 Å². The van der Waals surface area contributed by atoms with Gasteiger partial charge in [-0.1, -0.05) is 68.4 Å². The average Bonchev–Trinajstić information content (AvgIpc) is 2.72. The normalized spacial score (nSPS) is 11.9. The van der Waals surface area contributed by atoms with Crippen molar-refractivity contribution >= 4 is 11.8 Å². The van der Waals surface area contributed by atoms with E-state index in [1.807, 2.05) is 30.3 Å². The van der Waals surface area contributed by atoms with Crippen LogP contribution >= 0.6 is 0 Å². The summed E-state index contributed by atoms with van der Waals surface area (Å²) in [7, 11) is 1.61. The van der Waals surface area contributed by atoms with Gasteiger partial charge < -0.3 is 10.2 Å². The molecule has 0 bridgehead atoms. The van der Waals surface area contributed by atoms with E-state index in [1.165, 1.54) is 5.56 Å². The Balaban J connectivity index is 2.01. The first-order valence-electron chi connectivity index (χ1n) is 10.1. The third-order valence-electron chi connectivity index (χ3n) is 5.17. The maximum absolute atomic E-state index is 12.9. The van der Waals surface area contributed by atoms with Crippen LogP contribution in [0.2, 0.25) is 0 Å². The van der Waals surface area contributed by atoms with Gasteiger partial charge in [0.15, 0.2) is 0 Å². The van der Waals surface area contributed by atoms with Crippen molar-refractivity contribution in [3.05, 3.63) is 71.3 Å². The van der Waals surface area contributed by atoms with Crippen LogP contribution < -0.4 is 5.32 Å². The van der Waals surface area contributed by atoms with E-state index in [4.69, 9.17) is 0 Å². The lowest BCUT2D eigenvalue weighted by molar-refractivity contribution is -0.139. The predicted molar refractivity (Wildman–Crippen MR) is 114 cm³/mol. The van der Waals surface area contributed by atoms with Gasteiger partial charge in [-0.3, -0.25) is 9.59 Å². The van der Waals surface area contributed by atoms with Crippen LogP contribution in [0.25, 0.3) is 0 Å². The van der Waals surface area contributed by atoms with Crippen LogP contribution in [-0.4, -0.2) is 36.3 Å². The molecule has 2 aromatic carbocycles. The van der Waals surface area contributed by atoms with Crippen LogP contribution in [0.3, 0.4) is 0 Å². The molecule has 0 saturated carbocycles. The number of benzene rings is 2. The molecule has 1 atom stereocenters. The summed E-state index contributed by atoms with van der Waals surface area (Å²) in [4.78, 5) is 26.8. The molecule has 2 aromatic rings. The van der Waals surface area contributed by atoms with Crippen molar-refractivity contribution in [2.24, 2.45) is 0 Å². The number of likely N-dealkylation sites (N-methyl/N-ethyl adjacent to an activating group) is 1. The van der Waals surface area contributed by atoms with Crippen molar-refractivity contribution in [2.45, 2.75) is 52.0 Å². The van der Waals surface area contributed by atoms with Crippen molar-refractivity contribution in [1.29, 1.82) is 0 Å². The van der Waals surface area contributed by atoms with Crippen molar-refractivity contribution in [3.8, 4) is 0 Å². The van der Waals surface area contributed by atoms with Crippen LogP contribution in [0.4, 0.5) is 0 Å². The Morgan fingerprint density at radius 2 is 1.50 bits per heavy atom. The number of carbonyl (C=O) groups is 2. The molecule has 0 aliphatic heterocycles. The molecule has 0 fully saturated rings. The van der Waals surface area contributed by atoms with Crippen LogP contribution in [0.1, 0.15) is 49.8 Å². The van der Waals surface area contributed by atoms with Gasteiger partial charge >= 0.3 is 0 Å². The lowest BCUT2D eigenvalue weighted by Gasteiger charge is -2.28. The maximum atomic E-state index is 12.9. The van der Waals surface area contributed by atoms with Crippen molar-refractivity contribution < 1.29 is 9.59 Å². The van der Waals surface area contributed by atoms with Gasteiger partial charge in [0.05, 0.1) is 0 Å². The van der Waals surface area contributed by atoms with Crippen LogP contribution in [0.15, 0.2) is 54.6 Å². The molecule has 4 heteroatoms. The zero-order valence-corrected chi connectivity index (χ0v) is 17.4. The highest BCUT2D eigenvalue weighted by Gasteiger charge is 2.24. The molecule has 0 spiro atoms. The minimum Gasteiger partial charge on any atom is -0.357 e. The zero-order valence-electron chi connectivity index (χ0n) is 17.4. The number of hydrogen-bond acceptors (Lipinski definition) is 2. The van der Waals surface area contributed by atoms with Gasteiger partial charge in [0.25, 0.3) is 0 Å². The minimum absolute atomic E-state index is 0.0139. The highest BCUT2D eigenvalue weighted by atomic mass is 16.2. The number of carbonyl (C=O) groups excluding carboxylic acids is 2. The third-order valence-corrected chi connectivity index (χ3v) is 5.17. The largest absolute Gasteiger partial charge is 0.357 e. The molecular formula is C24H32N2O2. The first-order chi connectivity index (χ1) is 13.4. The van der Waals surface area contributed by atoms with Gasteiger partial charge in [0.1, 0.15) is 6.04 Å². The van der Waals surface area contributed by atoms with E-state index in [9.17, 15) is 9.59 Å². The molecule has 0 radical (unpaired) electrons. The molecule has 0 heterocycles. The molecule has 28 heavy (non-hydrogen) atoms. The zero-order chi connectivity index (χ0) is 20.5. The van der Waals surface area contributed by atoms with E-state index in [0.29, 0.717) is 25.3 Å². The van der Waals surface area contributed by atoms with Crippen LogP contribution in [-0.2, 0) is 22.4 Å². The van der Waals surface area contributed by atoms with E-state index in [-0.39, 0.29) is 11.8 Å². The quantitative estimate of drug-likeness (QED) is 0.716. The van der Waals surface area contributed by atoms with E-state index in [0.717, 1.165) is 17.5 Å². The van der Waals surface area contributed by atoms with Gasteiger partial charge in [0.2, 0.25) is 11.8 Å². The highest BCUT2D eigenvalue weighted by Crippen LogP contribution is 2.16. The second-order valence-corrected chi connectivity index (χ2v) is 7.51. The third kappa shape index (κ3) is 6.22. The summed E-state index contributed by atoms with van der Waals surface area (Å²) < 4.78 is 0. The Kier molecular flexibility index (Phi) is 8.24. The highest BCUT2D eigenvalue weighted by molar-refractivity contribution is 5.87. The second-order valence-electron chi connectivity index (χ2n) is 7.51. The molecule has 1 N–H and O–H groups in total. The van der Waals surface area contributed by atoms with E-state index in [2.05, 4.69) is 43.4 Å². The summed E-state index contributed by atoms with van der Waals surface area (Å²) in [5, 5.41) is 2.66. The van der Waals surface area contributed by atoms with Crippen molar-refractivity contribution in [2.75, 3.05) is 13.6 Å². The Morgan fingerprint density at radius 1 is 0.893 bits per heavy atom. The van der Waals surface area contributed by atoms with Crippen molar-refractivity contribution in [1.82, 2.24) is 10.2 Å². The summed E-state index contributed by atoms with van der Waals surface area (Å²) in [6.07, 6.45) is 1.81. The molecule has 4 nitrogen and oxygen atoms in total. The van der Waals surface area contributed by atoms with E-state index >= 15 is 0 Å². The average molecular weight is 381 g/mol. The minimum atomic E-state index is -0.482. The van der Waals surface area contributed by atoms with Crippen LogP contribution in [0, 0.1) is 0 Å². The van der Waals surface area contributed by atoms with Crippen LogP contribution in [0.5, 0.6) is 0 Å². The summed E-state index contributed by atoms with van der Waals surface area (Å²) >= 11 is 0. The Bertz CT molecular complexity index is 754. The number of nitrogens with one attached hydrogen (secondary N) is 1. The number of nitrogens with zero attached hydrogens (tertiary/aromatic N) is 1. The molecule has 0 aliphatic carbocycles. The smallest absolute Gasteiger partial charge is 0.242 e. The SMILES string of the molecule is CNC(=O)[C@@H](C)N(CCc1ccccc1)C(=O)CCc1ccc(C(C)C)cc1. The monoisotopic (exact) mass is 380 g/mol. The summed E-state index contributed by atoms with van der Waals surface area (Å²) in [5.41, 5.74) is 3.61. The maximum Gasteiger partial charge on any atom is 0.242 e. The lowest BCUT2D eigenvalue weighted by Crippen LogP contribution is -2.48. The Labute approximate surface area is 169 Å². The second kappa shape index (κ2) is 10.6. The molecule has 0 saturated heterocycles. The molecular weight excluding hydrogens is 348 g/mol. The Hall–Kier alpha value is -2.62. The molecule has 150 valence electrons. The first-order valence-corrected chi connectivity index (χ1v) is 10.1. The number of amides is 2. The first kappa shape index (κ1) is 21.7. The van der Waals surface area contributed by atoms with Crippen molar-refractivity contribution in [3.63, 3.8) is 0 Å². The molecule has 2 rings (SSSR count). The fraction of sp³-hybridized carbons (Fsp3) is 0.417. The lowest BCUT2D eigenvalue weighted by atomic mass is 10.00. The van der Waals surface area contributed by atoms with Gasteiger partial charge in [-0.25, -0.2) is 0 Å². The summed E-state index contributed by atoms with van der Waals surface area (Å²) in [5.74, 6) is 0.375. The standard InChI is InChI=1S/C24H32N2O2/c1-18(2)22-13-10-21(11-14-22)12-15-23(27)26(19(3)24(28)25-4)17-16-20-8-6-5-7-9-20/h5-11,13-14,18-19H,12,15-17H2,1-4H3,(H,25,28)/t19-/m1/s1.